The second kappa shape index (κ2) is 5.16. The third kappa shape index (κ3) is 2.70. The van der Waals surface area contributed by atoms with Crippen LogP contribution in [0, 0.1) is 9.39 Å². The number of halogens is 2. The highest BCUT2D eigenvalue weighted by molar-refractivity contribution is 14.1. The summed E-state index contributed by atoms with van der Waals surface area (Å²) in [4.78, 5) is 0. The van der Waals surface area contributed by atoms with Crippen molar-refractivity contribution in [2.24, 2.45) is 0 Å². The standard InChI is InChI=1S/C14H10FIN2O/c15-10-4-5-12-13(7-10)19-18-14(12)17-8-9-2-1-3-11(16)6-9/h1-7H,8H2,(H,17,18). The van der Waals surface area contributed by atoms with E-state index in [1.807, 2.05) is 18.2 Å². The van der Waals surface area contributed by atoms with Crippen LogP contribution in [0.3, 0.4) is 0 Å². The zero-order chi connectivity index (χ0) is 13.2. The molecule has 0 atom stereocenters. The maximum atomic E-state index is 13.0. The van der Waals surface area contributed by atoms with Crippen molar-refractivity contribution in [3.05, 3.63) is 57.4 Å². The van der Waals surface area contributed by atoms with E-state index in [0.717, 1.165) is 10.9 Å². The molecule has 96 valence electrons. The van der Waals surface area contributed by atoms with Crippen molar-refractivity contribution in [3.63, 3.8) is 0 Å². The van der Waals surface area contributed by atoms with Crippen molar-refractivity contribution >= 4 is 39.4 Å². The first-order valence-corrected chi connectivity index (χ1v) is 6.83. The van der Waals surface area contributed by atoms with E-state index >= 15 is 0 Å². The van der Waals surface area contributed by atoms with E-state index in [1.54, 1.807) is 6.07 Å². The molecule has 3 nitrogen and oxygen atoms in total. The minimum absolute atomic E-state index is 0.326. The van der Waals surface area contributed by atoms with Gasteiger partial charge in [-0.15, -0.1) is 0 Å². The first-order chi connectivity index (χ1) is 9.22. The Morgan fingerprint density at radius 3 is 2.95 bits per heavy atom. The molecule has 1 aromatic heterocycles. The van der Waals surface area contributed by atoms with Crippen LogP contribution in [0.2, 0.25) is 0 Å². The number of aromatic nitrogens is 1. The summed E-state index contributed by atoms with van der Waals surface area (Å²) in [5.74, 6) is 0.307. The van der Waals surface area contributed by atoms with Crippen LogP contribution in [0.4, 0.5) is 10.2 Å². The van der Waals surface area contributed by atoms with Gasteiger partial charge in [0.15, 0.2) is 11.4 Å². The number of hydrogen-bond acceptors (Lipinski definition) is 3. The highest BCUT2D eigenvalue weighted by atomic mass is 127. The zero-order valence-electron chi connectivity index (χ0n) is 9.86. The Hall–Kier alpha value is -1.63. The topological polar surface area (TPSA) is 38.1 Å². The van der Waals surface area contributed by atoms with Crippen LogP contribution in [0.1, 0.15) is 5.56 Å². The molecule has 1 N–H and O–H groups in total. The largest absolute Gasteiger partial charge is 0.363 e. The van der Waals surface area contributed by atoms with Crippen LogP contribution in [-0.2, 0) is 6.54 Å². The molecule has 19 heavy (non-hydrogen) atoms. The molecule has 0 aliphatic carbocycles. The third-order valence-electron chi connectivity index (χ3n) is 2.78. The van der Waals surface area contributed by atoms with Gasteiger partial charge < -0.3 is 9.84 Å². The lowest BCUT2D eigenvalue weighted by molar-refractivity contribution is 0.457. The summed E-state index contributed by atoms with van der Waals surface area (Å²) in [5, 5.41) is 7.90. The van der Waals surface area contributed by atoms with Crippen molar-refractivity contribution in [1.29, 1.82) is 0 Å². The molecule has 0 saturated heterocycles. The summed E-state index contributed by atoms with van der Waals surface area (Å²) in [6.45, 7) is 0.649. The maximum absolute atomic E-state index is 13.0. The Labute approximate surface area is 122 Å². The molecule has 0 saturated carbocycles. The monoisotopic (exact) mass is 368 g/mol. The second-order valence-electron chi connectivity index (χ2n) is 4.16. The van der Waals surface area contributed by atoms with Gasteiger partial charge in [0.05, 0.1) is 5.39 Å². The summed E-state index contributed by atoms with van der Waals surface area (Å²) in [6, 6.07) is 12.6. The molecule has 0 aliphatic rings. The Morgan fingerprint density at radius 1 is 1.21 bits per heavy atom. The predicted molar refractivity (Wildman–Crippen MR) is 80.5 cm³/mol. The van der Waals surface area contributed by atoms with Crippen molar-refractivity contribution < 1.29 is 8.91 Å². The van der Waals surface area contributed by atoms with Crippen molar-refractivity contribution in [1.82, 2.24) is 5.16 Å². The number of anilines is 1. The first kappa shape index (κ1) is 12.4. The number of nitrogens with zero attached hydrogens (tertiary/aromatic N) is 1. The molecule has 0 bridgehead atoms. The van der Waals surface area contributed by atoms with E-state index in [2.05, 4.69) is 39.1 Å². The van der Waals surface area contributed by atoms with Gasteiger partial charge in [-0.2, -0.15) is 0 Å². The number of hydrogen-bond donors (Lipinski definition) is 1. The number of fused-ring (bicyclic) bond motifs is 1. The van der Waals surface area contributed by atoms with Gasteiger partial charge >= 0.3 is 0 Å². The smallest absolute Gasteiger partial charge is 0.177 e. The number of benzene rings is 2. The highest BCUT2D eigenvalue weighted by Crippen LogP contribution is 2.23. The summed E-state index contributed by atoms with van der Waals surface area (Å²) in [7, 11) is 0. The van der Waals surface area contributed by atoms with Gasteiger partial charge in [0.25, 0.3) is 0 Å². The van der Waals surface area contributed by atoms with E-state index in [9.17, 15) is 4.39 Å². The SMILES string of the molecule is Fc1ccc2c(NCc3cccc(I)c3)noc2c1. The van der Waals surface area contributed by atoms with Gasteiger partial charge in [0.1, 0.15) is 5.82 Å². The molecule has 0 fully saturated rings. The van der Waals surface area contributed by atoms with Crippen LogP contribution < -0.4 is 5.32 Å². The summed E-state index contributed by atoms with van der Waals surface area (Å²) >= 11 is 2.27. The molecule has 2 aromatic carbocycles. The normalized spacial score (nSPS) is 10.8. The van der Waals surface area contributed by atoms with Gasteiger partial charge in [-0.1, -0.05) is 17.3 Å². The average molecular weight is 368 g/mol. The van der Waals surface area contributed by atoms with Crippen LogP contribution >= 0.6 is 22.6 Å². The minimum atomic E-state index is -0.326. The second-order valence-corrected chi connectivity index (χ2v) is 5.40. The van der Waals surface area contributed by atoms with Gasteiger partial charge in [-0.3, -0.25) is 0 Å². The fourth-order valence-corrected chi connectivity index (χ4v) is 2.48. The summed E-state index contributed by atoms with van der Waals surface area (Å²) < 4.78 is 19.3. The molecule has 0 aliphatic heterocycles. The van der Waals surface area contributed by atoms with Crippen molar-refractivity contribution in [2.75, 3.05) is 5.32 Å². The van der Waals surface area contributed by atoms with E-state index < -0.39 is 0 Å². The summed E-state index contributed by atoms with van der Waals surface area (Å²) in [6.07, 6.45) is 0. The lowest BCUT2D eigenvalue weighted by Gasteiger charge is -2.03. The predicted octanol–water partition coefficient (Wildman–Crippen LogP) is 4.18. The number of rotatable bonds is 3. The Bertz CT molecular complexity index is 726. The third-order valence-corrected chi connectivity index (χ3v) is 3.45. The quantitative estimate of drug-likeness (QED) is 0.705. The fraction of sp³-hybridized carbons (Fsp3) is 0.0714. The summed E-state index contributed by atoms with van der Waals surface area (Å²) in [5.41, 5.74) is 1.61. The van der Waals surface area contributed by atoms with Crippen LogP contribution in [0.15, 0.2) is 47.0 Å². The van der Waals surface area contributed by atoms with Crippen LogP contribution in [-0.4, -0.2) is 5.16 Å². The maximum Gasteiger partial charge on any atom is 0.177 e. The Balaban J connectivity index is 1.82. The van der Waals surface area contributed by atoms with E-state index in [0.29, 0.717) is 17.9 Å². The Morgan fingerprint density at radius 2 is 2.11 bits per heavy atom. The van der Waals surface area contributed by atoms with E-state index in [-0.39, 0.29) is 5.82 Å². The molecular formula is C14H10FIN2O. The first-order valence-electron chi connectivity index (χ1n) is 5.75. The van der Waals surface area contributed by atoms with Gasteiger partial charge in [-0.05, 0) is 52.4 Å². The molecule has 0 amide bonds. The van der Waals surface area contributed by atoms with Gasteiger partial charge in [0, 0.05) is 16.2 Å². The van der Waals surface area contributed by atoms with E-state index in [1.165, 1.54) is 15.7 Å². The average Bonchev–Trinajstić information content (AvgIpc) is 2.78. The molecule has 5 heteroatoms. The molecular weight excluding hydrogens is 358 g/mol. The zero-order valence-corrected chi connectivity index (χ0v) is 12.0. The molecule has 0 unspecified atom stereocenters. The van der Waals surface area contributed by atoms with E-state index in [4.69, 9.17) is 4.52 Å². The van der Waals surface area contributed by atoms with Crippen LogP contribution in [0.25, 0.3) is 11.0 Å². The van der Waals surface area contributed by atoms with Crippen molar-refractivity contribution in [3.8, 4) is 0 Å². The molecule has 3 rings (SSSR count). The lowest BCUT2D eigenvalue weighted by atomic mass is 10.2. The fourth-order valence-electron chi connectivity index (χ4n) is 1.87. The molecule has 3 aromatic rings. The Kier molecular flexibility index (Phi) is 3.37. The lowest BCUT2D eigenvalue weighted by Crippen LogP contribution is -1.99. The van der Waals surface area contributed by atoms with Crippen molar-refractivity contribution in [2.45, 2.75) is 6.54 Å². The van der Waals surface area contributed by atoms with Crippen LogP contribution in [0.5, 0.6) is 0 Å². The van der Waals surface area contributed by atoms with Gasteiger partial charge in [-0.25, -0.2) is 4.39 Å². The molecule has 0 spiro atoms. The molecule has 1 heterocycles. The van der Waals surface area contributed by atoms with Gasteiger partial charge in [0.2, 0.25) is 0 Å². The minimum Gasteiger partial charge on any atom is -0.363 e. The molecule has 0 radical (unpaired) electrons. The number of nitrogens with one attached hydrogen (secondary N) is 1. The highest BCUT2D eigenvalue weighted by Gasteiger charge is 2.08.